The van der Waals surface area contributed by atoms with Crippen molar-refractivity contribution in [1.29, 1.82) is 0 Å². The zero-order valence-corrected chi connectivity index (χ0v) is 13.3. The molecule has 0 spiro atoms. The maximum absolute atomic E-state index is 4.55. The second kappa shape index (κ2) is 6.02. The van der Waals surface area contributed by atoms with Gasteiger partial charge in [0.2, 0.25) is 0 Å². The second-order valence-electron chi connectivity index (χ2n) is 6.12. The van der Waals surface area contributed by atoms with Gasteiger partial charge in [-0.25, -0.2) is 4.98 Å². The summed E-state index contributed by atoms with van der Waals surface area (Å²) in [5.41, 5.74) is 3.67. The number of aromatic amines is 1. The van der Waals surface area contributed by atoms with Crippen molar-refractivity contribution >= 4 is 0 Å². The van der Waals surface area contributed by atoms with E-state index in [0.29, 0.717) is 5.92 Å². The van der Waals surface area contributed by atoms with Crippen LogP contribution in [0.2, 0.25) is 0 Å². The molecule has 1 N–H and O–H groups in total. The minimum absolute atomic E-state index is 0.536. The maximum atomic E-state index is 4.55. The number of aromatic nitrogens is 4. The number of nitrogens with one attached hydrogen (secondary N) is 1. The molecule has 21 heavy (non-hydrogen) atoms. The normalized spacial score (nSPS) is 20.0. The van der Waals surface area contributed by atoms with E-state index < -0.39 is 0 Å². The molecular weight excluding hydrogens is 262 g/mol. The Labute approximate surface area is 126 Å². The number of imidazole rings is 1. The highest BCUT2D eigenvalue weighted by molar-refractivity contribution is 5.16. The van der Waals surface area contributed by atoms with Crippen LogP contribution in [0.25, 0.3) is 0 Å². The molecule has 0 aliphatic carbocycles. The molecule has 114 valence electrons. The summed E-state index contributed by atoms with van der Waals surface area (Å²) >= 11 is 0. The first-order valence-electron chi connectivity index (χ1n) is 7.92. The van der Waals surface area contributed by atoms with Gasteiger partial charge in [-0.3, -0.25) is 9.58 Å². The Morgan fingerprint density at radius 1 is 1.38 bits per heavy atom. The van der Waals surface area contributed by atoms with Crippen LogP contribution in [0, 0.1) is 13.8 Å². The first kappa shape index (κ1) is 14.3. The third-order valence-corrected chi connectivity index (χ3v) is 4.38. The molecule has 1 atom stereocenters. The van der Waals surface area contributed by atoms with Gasteiger partial charge in [-0.1, -0.05) is 0 Å². The first-order valence-corrected chi connectivity index (χ1v) is 7.92. The molecular formula is C16H25N5. The molecule has 1 aliphatic heterocycles. The van der Waals surface area contributed by atoms with E-state index >= 15 is 0 Å². The topological polar surface area (TPSA) is 49.7 Å². The number of nitrogens with zero attached hydrogens (tertiary/aromatic N) is 4. The van der Waals surface area contributed by atoms with Crippen LogP contribution in [0.15, 0.2) is 12.4 Å². The molecule has 0 saturated carbocycles. The molecule has 1 saturated heterocycles. The number of hydrogen-bond acceptors (Lipinski definition) is 3. The maximum Gasteiger partial charge on any atom is 0.110 e. The Hall–Kier alpha value is -1.62. The van der Waals surface area contributed by atoms with Gasteiger partial charge in [0.15, 0.2) is 0 Å². The fraction of sp³-hybridized carbons (Fsp3) is 0.625. The van der Waals surface area contributed by atoms with Crippen molar-refractivity contribution in [2.75, 3.05) is 13.1 Å². The van der Waals surface area contributed by atoms with Gasteiger partial charge in [-0.15, -0.1) is 0 Å². The Kier molecular flexibility index (Phi) is 4.10. The Bertz CT molecular complexity index is 598. The third-order valence-electron chi connectivity index (χ3n) is 4.38. The number of aryl methyl sites for hydroxylation is 3. The van der Waals surface area contributed by atoms with E-state index in [0.717, 1.165) is 36.8 Å². The van der Waals surface area contributed by atoms with Crippen molar-refractivity contribution < 1.29 is 0 Å². The van der Waals surface area contributed by atoms with Gasteiger partial charge in [0, 0.05) is 49.2 Å². The highest BCUT2D eigenvalue weighted by atomic mass is 15.3. The Balaban J connectivity index is 1.67. The molecule has 5 heteroatoms. The fourth-order valence-corrected chi connectivity index (χ4v) is 3.18. The van der Waals surface area contributed by atoms with Crippen molar-refractivity contribution in [2.45, 2.75) is 52.6 Å². The number of rotatable bonds is 4. The van der Waals surface area contributed by atoms with Crippen LogP contribution in [0.4, 0.5) is 0 Å². The fourth-order valence-electron chi connectivity index (χ4n) is 3.18. The molecule has 2 aromatic rings. The average molecular weight is 287 g/mol. The number of likely N-dealkylation sites (tertiary alicyclic amines) is 1. The minimum Gasteiger partial charge on any atom is -0.346 e. The lowest BCUT2D eigenvalue weighted by Gasteiger charge is -2.31. The zero-order chi connectivity index (χ0) is 14.8. The molecule has 0 amide bonds. The number of hydrogen-bond donors (Lipinski definition) is 1. The Morgan fingerprint density at radius 3 is 2.90 bits per heavy atom. The number of H-pyrrole nitrogens is 1. The van der Waals surface area contributed by atoms with Gasteiger partial charge in [0.05, 0.1) is 5.69 Å². The summed E-state index contributed by atoms with van der Waals surface area (Å²) < 4.78 is 2.03. The van der Waals surface area contributed by atoms with Gasteiger partial charge in [0.25, 0.3) is 0 Å². The lowest BCUT2D eigenvalue weighted by Crippen LogP contribution is -2.34. The van der Waals surface area contributed by atoms with Crippen LogP contribution in [0.3, 0.4) is 0 Å². The van der Waals surface area contributed by atoms with Crippen molar-refractivity contribution in [3.63, 3.8) is 0 Å². The second-order valence-corrected chi connectivity index (χ2v) is 6.12. The molecule has 1 fully saturated rings. The summed E-state index contributed by atoms with van der Waals surface area (Å²) in [5, 5.41) is 4.55. The van der Waals surface area contributed by atoms with Crippen LogP contribution < -0.4 is 0 Å². The molecule has 2 aromatic heterocycles. The van der Waals surface area contributed by atoms with Crippen molar-refractivity contribution in [2.24, 2.45) is 0 Å². The van der Waals surface area contributed by atoms with Gasteiger partial charge < -0.3 is 4.98 Å². The standard InChI is InChI=1S/C16H25N5/c1-4-21-11-15(13(3)19-21)10-20-7-5-6-14(9-20)16-17-8-12(2)18-16/h8,11,14H,4-7,9-10H2,1-3H3,(H,17,18)/t14-/m0/s1. The van der Waals surface area contributed by atoms with Gasteiger partial charge in [-0.2, -0.15) is 5.10 Å². The van der Waals surface area contributed by atoms with E-state index in [9.17, 15) is 0 Å². The lowest BCUT2D eigenvalue weighted by atomic mass is 9.97. The summed E-state index contributed by atoms with van der Waals surface area (Å²) in [5.74, 6) is 1.69. The quantitative estimate of drug-likeness (QED) is 0.940. The molecule has 0 unspecified atom stereocenters. The SMILES string of the molecule is CCn1cc(CN2CCC[C@H](c3ncc(C)[nH]3)C2)c(C)n1. The van der Waals surface area contributed by atoms with Crippen molar-refractivity contribution in [3.8, 4) is 0 Å². The average Bonchev–Trinajstić information content (AvgIpc) is 3.06. The smallest absolute Gasteiger partial charge is 0.110 e. The molecule has 0 aromatic carbocycles. The monoisotopic (exact) mass is 287 g/mol. The third kappa shape index (κ3) is 3.18. The van der Waals surface area contributed by atoms with Gasteiger partial charge >= 0.3 is 0 Å². The highest BCUT2D eigenvalue weighted by Gasteiger charge is 2.24. The van der Waals surface area contributed by atoms with Crippen molar-refractivity contribution in [3.05, 3.63) is 35.2 Å². The molecule has 3 heterocycles. The van der Waals surface area contributed by atoms with E-state index in [1.165, 1.54) is 24.9 Å². The largest absolute Gasteiger partial charge is 0.346 e. The van der Waals surface area contributed by atoms with E-state index in [4.69, 9.17) is 0 Å². The molecule has 0 radical (unpaired) electrons. The van der Waals surface area contributed by atoms with Crippen LogP contribution >= 0.6 is 0 Å². The van der Waals surface area contributed by atoms with Crippen LogP contribution in [0.5, 0.6) is 0 Å². The van der Waals surface area contributed by atoms with E-state index in [1.807, 2.05) is 10.9 Å². The predicted octanol–water partition coefficient (Wildman–Crippen LogP) is 2.62. The summed E-state index contributed by atoms with van der Waals surface area (Å²) in [4.78, 5) is 10.5. The van der Waals surface area contributed by atoms with Crippen LogP contribution in [-0.4, -0.2) is 37.7 Å². The lowest BCUT2D eigenvalue weighted by molar-refractivity contribution is 0.196. The molecule has 5 nitrogen and oxygen atoms in total. The minimum atomic E-state index is 0.536. The Morgan fingerprint density at radius 2 is 2.24 bits per heavy atom. The predicted molar refractivity (Wildman–Crippen MR) is 83.2 cm³/mol. The number of piperidine rings is 1. The highest BCUT2D eigenvalue weighted by Crippen LogP contribution is 2.26. The zero-order valence-electron chi connectivity index (χ0n) is 13.3. The van der Waals surface area contributed by atoms with Crippen molar-refractivity contribution in [1.82, 2.24) is 24.6 Å². The van der Waals surface area contributed by atoms with Crippen LogP contribution in [0.1, 0.15) is 48.5 Å². The van der Waals surface area contributed by atoms with Crippen LogP contribution in [-0.2, 0) is 13.1 Å². The summed E-state index contributed by atoms with van der Waals surface area (Å²) in [6.07, 6.45) is 6.60. The van der Waals surface area contributed by atoms with E-state index in [2.05, 4.69) is 46.9 Å². The molecule has 0 bridgehead atoms. The van der Waals surface area contributed by atoms with Gasteiger partial charge in [-0.05, 0) is 40.2 Å². The first-order chi connectivity index (χ1) is 10.2. The van der Waals surface area contributed by atoms with E-state index in [1.54, 1.807) is 0 Å². The van der Waals surface area contributed by atoms with E-state index in [-0.39, 0.29) is 0 Å². The molecule has 3 rings (SSSR count). The summed E-state index contributed by atoms with van der Waals surface area (Å²) in [6.45, 7) is 10.5. The summed E-state index contributed by atoms with van der Waals surface area (Å²) in [7, 11) is 0. The summed E-state index contributed by atoms with van der Waals surface area (Å²) in [6, 6.07) is 0. The van der Waals surface area contributed by atoms with Gasteiger partial charge in [0.1, 0.15) is 5.82 Å². The molecule has 1 aliphatic rings.